The predicted octanol–water partition coefficient (Wildman–Crippen LogP) is 0.709. The average Bonchev–Trinajstić information content (AvgIpc) is 2.74. The molecule has 10 nitrogen and oxygen atoms in total. The molecule has 10 heteroatoms. The number of carbonyl (C=O) groups is 4. The number of rotatable bonds is 9. The lowest BCUT2D eigenvalue weighted by Crippen LogP contribution is -2.51. The summed E-state index contributed by atoms with van der Waals surface area (Å²) in [4.78, 5) is 50.0. The number of carbonyl (C=O) groups excluding carboxylic acids is 3. The van der Waals surface area contributed by atoms with Crippen molar-refractivity contribution < 1.29 is 29.0 Å². The van der Waals surface area contributed by atoms with E-state index >= 15 is 0 Å². The van der Waals surface area contributed by atoms with E-state index in [2.05, 4.69) is 16.0 Å². The molecule has 0 aromatic carbocycles. The van der Waals surface area contributed by atoms with Gasteiger partial charge in [-0.15, -0.1) is 0 Å². The first-order valence-electron chi connectivity index (χ1n) is 11.2. The molecule has 2 atom stereocenters. The van der Waals surface area contributed by atoms with Gasteiger partial charge in [0.2, 0.25) is 11.8 Å². The van der Waals surface area contributed by atoms with Gasteiger partial charge in [-0.25, -0.2) is 9.59 Å². The molecular formula is C21H36N4O6. The maximum Gasteiger partial charge on any atom is 0.408 e. The molecule has 3 amide bonds. The molecule has 0 aromatic heterocycles. The molecule has 4 N–H and O–H groups in total. The van der Waals surface area contributed by atoms with E-state index in [1.54, 1.807) is 18.7 Å². The summed E-state index contributed by atoms with van der Waals surface area (Å²) < 4.78 is 4.89. The van der Waals surface area contributed by atoms with Crippen LogP contribution in [0.25, 0.3) is 0 Å². The third-order valence-corrected chi connectivity index (χ3v) is 5.78. The number of carboxylic acids is 1. The highest BCUT2D eigenvalue weighted by atomic mass is 16.6. The van der Waals surface area contributed by atoms with E-state index in [1.165, 1.54) is 0 Å². The Morgan fingerprint density at radius 2 is 1.87 bits per heavy atom. The van der Waals surface area contributed by atoms with Gasteiger partial charge in [0.25, 0.3) is 0 Å². The van der Waals surface area contributed by atoms with Crippen LogP contribution >= 0.6 is 0 Å². The summed E-state index contributed by atoms with van der Waals surface area (Å²) in [5.74, 6) is -1.29. The molecule has 2 heterocycles. The number of nitrogens with one attached hydrogen (secondary N) is 3. The average molecular weight is 441 g/mol. The highest BCUT2D eigenvalue weighted by molar-refractivity contribution is 5.83. The third kappa shape index (κ3) is 8.72. The quantitative estimate of drug-likeness (QED) is 0.414. The van der Waals surface area contributed by atoms with Gasteiger partial charge in [0.15, 0.2) is 0 Å². The van der Waals surface area contributed by atoms with Crippen LogP contribution in [0.1, 0.15) is 52.4 Å². The summed E-state index contributed by atoms with van der Waals surface area (Å²) >= 11 is 0. The lowest BCUT2D eigenvalue weighted by atomic mass is 9.92. The van der Waals surface area contributed by atoms with E-state index in [1.807, 2.05) is 0 Å². The van der Waals surface area contributed by atoms with E-state index in [0.717, 1.165) is 38.8 Å². The lowest BCUT2D eigenvalue weighted by molar-refractivity contribution is -0.139. The number of likely N-dealkylation sites (tertiary alicyclic amines) is 1. The number of ether oxygens (including phenoxy) is 1. The van der Waals surface area contributed by atoms with E-state index in [0.29, 0.717) is 31.8 Å². The van der Waals surface area contributed by atoms with Crippen LogP contribution in [0.15, 0.2) is 0 Å². The Morgan fingerprint density at radius 3 is 2.52 bits per heavy atom. The van der Waals surface area contributed by atoms with Crippen LogP contribution in [-0.4, -0.2) is 78.8 Å². The lowest BCUT2D eigenvalue weighted by Gasteiger charge is -2.33. The van der Waals surface area contributed by atoms with Crippen molar-refractivity contribution in [3.63, 3.8) is 0 Å². The van der Waals surface area contributed by atoms with Crippen molar-refractivity contribution in [2.45, 2.75) is 64.5 Å². The summed E-state index contributed by atoms with van der Waals surface area (Å²) in [6.45, 7) is 6.06. The summed E-state index contributed by atoms with van der Waals surface area (Å²) in [7, 11) is 0. The summed E-state index contributed by atoms with van der Waals surface area (Å²) in [6, 6.07) is -1.29. The van der Waals surface area contributed by atoms with Crippen LogP contribution in [0, 0.1) is 11.8 Å². The maximum absolute atomic E-state index is 12.6. The highest BCUT2D eigenvalue weighted by Gasteiger charge is 2.30. The first-order chi connectivity index (χ1) is 14.8. The van der Waals surface area contributed by atoms with Crippen molar-refractivity contribution in [3.05, 3.63) is 0 Å². The van der Waals surface area contributed by atoms with Crippen molar-refractivity contribution >= 4 is 23.9 Å². The van der Waals surface area contributed by atoms with Gasteiger partial charge in [-0.1, -0.05) is 0 Å². The zero-order valence-electron chi connectivity index (χ0n) is 18.5. The molecule has 2 fully saturated rings. The second-order valence-electron chi connectivity index (χ2n) is 8.65. The molecule has 0 bridgehead atoms. The topological polar surface area (TPSA) is 137 Å². The fraction of sp³-hybridized carbons (Fsp3) is 0.810. The number of hydrogen-bond donors (Lipinski definition) is 4. The minimum Gasteiger partial charge on any atom is -0.480 e. The molecule has 2 aliphatic heterocycles. The monoisotopic (exact) mass is 440 g/mol. The van der Waals surface area contributed by atoms with Crippen LogP contribution in [0.2, 0.25) is 0 Å². The number of nitrogens with zero attached hydrogens (tertiary/aromatic N) is 1. The SMILES string of the molecule is CC(C)OC(=O)NC(CNC(=O)[C@@H]1CCCN(C(=O)CCC2CCNCC2)C1)C(=O)O. The van der Waals surface area contributed by atoms with Gasteiger partial charge < -0.3 is 30.7 Å². The third-order valence-electron chi connectivity index (χ3n) is 5.78. The molecule has 0 spiro atoms. The molecule has 2 rings (SSSR count). The van der Waals surface area contributed by atoms with E-state index < -0.39 is 18.1 Å². The number of piperidine rings is 2. The van der Waals surface area contributed by atoms with Crippen molar-refractivity contribution in [2.75, 3.05) is 32.7 Å². The van der Waals surface area contributed by atoms with Crippen molar-refractivity contribution in [2.24, 2.45) is 11.8 Å². The molecule has 2 aliphatic rings. The molecular weight excluding hydrogens is 404 g/mol. The zero-order chi connectivity index (χ0) is 22.8. The highest BCUT2D eigenvalue weighted by Crippen LogP contribution is 2.21. The fourth-order valence-electron chi connectivity index (χ4n) is 4.01. The molecule has 31 heavy (non-hydrogen) atoms. The molecule has 0 aliphatic carbocycles. The molecule has 176 valence electrons. The standard InChI is InChI=1S/C21H36N4O6/c1-14(2)31-21(30)24-17(20(28)29)12-23-19(27)16-4-3-11-25(13-16)18(26)6-5-15-7-9-22-10-8-15/h14-17,22H,3-13H2,1-2H3,(H,23,27)(H,24,30)(H,28,29)/t16-,17?/m1/s1. The van der Waals surface area contributed by atoms with Crippen LogP contribution in [0.5, 0.6) is 0 Å². The van der Waals surface area contributed by atoms with Gasteiger partial charge in [0.05, 0.1) is 12.0 Å². The Kier molecular flexibility index (Phi) is 10.0. The Bertz CT molecular complexity index is 635. The van der Waals surface area contributed by atoms with Crippen LogP contribution < -0.4 is 16.0 Å². The first-order valence-corrected chi connectivity index (χ1v) is 11.2. The number of aliphatic carboxylic acids is 1. The largest absolute Gasteiger partial charge is 0.480 e. The summed E-state index contributed by atoms with van der Waals surface area (Å²) in [5, 5.41) is 17.4. The van der Waals surface area contributed by atoms with E-state index in [9.17, 15) is 24.3 Å². The predicted molar refractivity (Wildman–Crippen MR) is 113 cm³/mol. The first kappa shape index (κ1) is 24.9. The van der Waals surface area contributed by atoms with Crippen molar-refractivity contribution in [1.82, 2.24) is 20.9 Å². The van der Waals surface area contributed by atoms with Gasteiger partial charge in [-0.3, -0.25) is 9.59 Å². The number of carboxylic acid groups (broad SMARTS) is 1. The van der Waals surface area contributed by atoms with Crippen LogP contribution in [0.4, 0.5) is 4.79 Å². The Labute approximate surface area is 183 Å². The molecule has 0 saturated carbocycles. The van der Waals surface area contributed by atoms with Crippen LogP contribution in [-0.2, 0) is 19.1 Å². The second-order valence-corrected chi connectivity index (χ2v) is 8.65. The summed E-state index contributed by atoms with van der Waals surface area (Å²) in [6.07, 6.45) is 3.73. The number of amides is 3. The Hall–Kier alpha value is -2.36. The van der Waals surface area contributed by atoms with Gasteiger partial charge in [-0.2, -0.15) is 0 Å². The fourth-order valence-corrected chi connectivity index (χ4v) is 4.01. The Balaban J connectivity index is 1.77. The summed E-state index contributed by atoms with van der Waals surface area (Å²) in [5.41, 5.74) is 0. The second kappa shape index (κ2) is 12.5. The van der Waals surface area contributed by atoms with E-state index in [-0.39, 0.29) is 30.4 Å². The van der Waals surface area contributed by atoms with Gasteiger partial charge in [0, 0.05) is 26.1 Å². The Morgan fingerprint density at radius 1 is 1.16 bits per heavy atom. The number of hydrogen-bond acceptors (Lipinski definition) is 6. The minimum absolute atomic E-state index is 0.0811. The normalized spacial score (nSPS) is 20.7. The molecule has 2 saturated heterocycles. The smallest absolute Gasteiger partial charge is 0.408 e. The zero-order valence-corrected chi connectivity index (χ0v) is 18.5. The van der Waals surface area contributed by atoms with Crippen molar-refractivity contribution in [3.8, 4) is 0 Å². The van der Waals surface area contributed by atoms with Gasteiger partial charge in [0.1, 0.15) is 6.04 Å². The van der Waals surface area contributed by atoms with Gasteiger partial charge in [-0.05, 0) is 65.0 Å². The molecule has 0 radical (unpaired) electrons. The van der Waals surface area contributed by atoms with Gasteiger partial charge >= 0.3 is 12.1 Å². The maximum atomic E-state index is 12.6. The molecule has 0 aromatic rings. The van der Waals surface area contributed by atoms with Crippen molar-refractivity contribution in [1.29, 1.82) is 0 Å². The molecule has 1 unspecified atom stereocenters. The van der Waals surface area contributed by atoms with Crippen LogP contribution in [0.3, 0.4) is 0 Å². The number of alkyl carbamates (subject to hydrolysis) is 1. The van der Waals surface area contributed by atoms with E-state index in [4.69, 9.17) is 4.74 Å². The minimum atomic E-state index is -1.29.